The zero-order valence-electron chi connectivity index (χ0n) is 19.4. The molecule has 2 aliphatic rings. The molecule has 0 spiro atoms. The normalized spacial score (nSPS) is 26.2. The van der Waals surface area contributed by atoms with Gasteiger partial charge in [-0.2, -0.15) is 4.98 Å². The molecule has 2 aromatic rings. The SMILES string of the molecule is CC(N)c1nc(-c2ccc(N3CCN(C4C(C(=O)O)=CC=CC4(C)C(=O)O)[C@H](C)C3)cc2)no1. The maximum Gasteiger partial charge on any atom is 0.333 e. The van der Waals surface area contributed by atoms with Gasteiger partial charge in [0.15, 0.2) is 0 Å². The zero-order chi connectivity index (χ0) is 24.6. The number of rotatable bonds is 6. The van der Waals surface area contributed by atoms with E-state index in [0.29, 0.717) is 31.3 Å². The molecule has 4 atom stereocenters. The highest BCUT2D eigenvalue weighted by molar-refractivity contribution is 5.92. The largest absolute Gasteiger partial charge is 0.481 e. The van der Waals surface area contributed by atoms with Gasteiger partial charge in [0.2, 0.25) is 11.7 Å². The van der Waals surface area contributed by atoms with Crippen LogP contribution in [-0.2, 0) is 9.59 Å². The second-order valence-corrected chi connectivity index (χ2v) is 9.10. The molecule has 2 heterocycles. The molecule has 1 aromatic carbocycles. The van der Waals surface area contributed by atoms with Crippen LogP contribution in [0.15, 0.2) is 52.6 Å². The van der Waals surface area contributed by atoms with Gasteiger partial charge in [-0.3, -0.25) is 9.69 Å². The minimum atomic E-state index is -1.33. The van der Waals surface area contributed by atoms with Crippen molar-refractivity contribution in [2.45, 2.75) is 38.9 Å². The number of hydrogen-bond acceptors (Lipinski definition) is 8. The maximum atomic E-state index is 12.1. The Morgan fingerprint density at radius 1 is 1.24 bits per heavy atom. The Bertz CT molecular complexity index is 1140. The Labute approximate surface area is 197 Å². The van der Waals surface area contributed by atoms with Crippen molar-refractivity contribution in [3.63, 3.8) is 0 Å². The fraction of sp³-hybridized carbons (Fsp3) is 0.417. The first-order valence-electron chi connectivity index (χ1n) is 11.2. The van der Waals surface area contributed by atoms with E-state index < -0.39 is 23.4 Å². The van der Waals surface area contributed by atoms with Crippen LogP contribution in [0.2, 0.25) is 0 Å². The molecule has 1 saturated heterocycles. The van der Waals surface area contributed by atoms with Crippen molar-refractivity contribution in [1.29, 1.82) is 0 Å². The van der Waals surface area contributed by atoms with Crippen LogP contribution in [0.5, 0.6) is 0 Å². The molecule has 3 unspecified atom stereocenters. The van der Waals surface area contributed by atoms with Crippen molar-refractivity contribution in [1.82, 2.24) is 15.0 Å². The Hall–Kier alpha value is -3.50. The predicted octanol–water partition coefficient (Wildman–Crippen LogP) is 2.31. The summed E-state index contributed by atoms with van der Waals surface area (Å²) in [6.07, 6.45) is 4.61. The van der Waals surface area contributed by atoms with Gasteiger partial charge in [0.1, 0.15) is 5.41 Å². The lowest BCUT2D eigenvalue weighted by molar-refractivity contribution is -0.149. The molecule has 1 aliphatic heterocycles. The third-order valence-electron chi connectivity index (χ3n) is 6.62. The lowest BCUT2D eigenvalue weighted by atomic mass is 9.73. The van der Waals surface area contributed by atoms with E-state index in [1.54, 1.807) is 19.9 Å². The Balaban J connectivity index is 1.51. The highest BCUT2D eigenvalue weighted by Gasteiger charge is 2.49. The Kier molecular flexibility index (Phi) is 6.28. The van der Waals surface area contributed by atoms with Crippen molar-refractivity contribution in [3.05, 3.63) is 54.0 Å². The minimum absolute atomic E-state index is 0.0721. The van der Waals surface area contributed by atoms with Crippen LogP contribution in [0, 0.1) is 5.41 Å². The van der Waals surface area contributed by atoms with Gasteiger partial charge in [0, 0.05) is 36.9 Å². The van der Waals surface area contributed by atoms with Crippen LogP contribution in [0.1, 0.15) is 32.7 Å². The van der Waals surface area contributed by atoms with E-state index in [-0.39, 0.29) is 17.7 Å². The van der Waals surface area contributed by atoms with Gasteiger partial charge in [-0.1, -0.05) is 23.4 Å². The number of aliphatic carboxylic acids is 2. The molecule has 4 N–H and O–H groups in total. The first-order chi connectivity index (χ1) is 16.1. The van der Waals surface area contributed by atoms with E-state index in [4.69, 9.17) is 10.3 Å². The van der Waals surface area contributed by atoms with Crippen LogP contribution in [0.3, 0.4) is 0 Å². The number of nitrogens with two attached hydrogens (primary N) is 1. The summed E-state index contributed by atoms with van der Waals surface area (Å²) in [7, 11) is 0. The number of hydrogen-bond donors (Lipinski definition) is 3. The van der Waals surface area contributed by atoms with Crippen molar-refractivity contribution in [2.75, 3.05) is 24.5 Å². The zero-order valence-corrected chi connectivity index (χ0v) is 19.4. The molecular weight excluding hydrogens is 438 g/mol. The Morgan fingerprint density at radius 3 is 2.50 bits per heavy atom. The molecule has 0 radical (unpaired) electrons. The monoisotopic (exact) mass is 467 g/mol. The first-order valence-corrected chi connectivity index (χ1v) is 11.2. The van der Waals surface area contributed by atoms with Gasteiger partial charge >= 0.3 is 11.9 Å². The van der Waals surface area contributed by atoms with Gasteiger partial charge in [-0.15, -0.1) is 0 Å². The molecule has 180 valence electrons. The highest BCUT2D eigenvalue weighted by atomic mass is 16.5. The summed E-state index contributed by atoms with van der Waals surface area (Å²) in [5.74, 6) is -1.28. The molecule has 0 amide bonds. The number of benzene rings is 1. The second kappa shape index (κ2) is 9.03. The Morgan fingerprint density at radius 2 is 1.94 bits per heavy atom. The van der Waals surface area contributed by atoms with Gasteiger partial charge in [-0.25, -0.2) is 4.79 Å². The smallest absolute Gasteiger partial charge is 0.333 e. The van der Waals surface area contributed by atoms with Gasteiger partial charge in [0.25, 0.3) is 0 Å². The predicted molar refractivity (Wildman–Crippen MR) is 125 cm³/mol. The summed E-state index contributed by atoms with van der Waals surface area (Å²) in [5, 5.41) is 23.7. The third-order valence-corrected chi connectivity index (χ3v) is 6.62. The summed E-state index contributed by atoms with van der Waals surface area (Å²) < 4.78 is 5.17. The van der Waals surface area contributed by atoms with Crippen molar-refractivity contribution in [3.8, 4) is 11.4 Å². The van der Waals surface area contributed by atoms with E-state index in [1.807, 2.05) is 36.1 Å². The van der Waals surface area contributed by atoms with Gasteiger partial charge in [0.05, 0.1) is 17.7 Å². The molecule has 1 fully saturated rings. The molecule has 10 heteroatoms. The number of carboxylic acid groups (broad SMARTS) is 2. The van der Waals surface area contributed by atoms with Crippen LogP contribution in [-0.4, -0.2) is 68.9 Å². The molecule has 4 rings (SSSR count). The summed E-state index contributed by atoms with van der Waals surface area (Å²) in [6.45, 7) is 7.13. The van der Waals surface area contributed by atoms with Crippen LogP contribution < -0.4 is 10.6 Å². The van der Waals surface area contributed by atoms with E-state index in [1.165, 1.54) is 12.2 Å². The van der Waals surface area contributed by atoms with E-state index in [9.17, 15) is 19.8 Å². The van der Waals surface area contributed by atoms with Gasteiger partial charge in [-0.05, 0) is 45.0 Å². The quantitative estimate of drug-likeness (QED) is 0.578. The third kappa shape index (κ3) is 4.22. The van der Waals surface area contributed by atoms with Crippen LogP contribution in [0.25, 0.3) is 11.4 Å². The van der Waals surface area contributed by atoms with Crippen molar-refractivity contribution >= 4 is 17.6 Å². The lowest BCUT2D eigenvalue weighted by Gasteiger charge is -2.49. The average Bonchev–Trinajstić information content (AvgIpc) is 3.30. The summed E-state index contributed by atoms with van der Waals surface area (Å²) in [6, 6.07) is 6.63. The average molecular weight is 468 g/mol. The summed E-state index contributed by atoms with van der Waals surface area (Å²) in [4.78, 5) is 32.6. The van der Waals surface area contributed by atoms with Crippen LogP contribution in [0.4, 0.5) is 5.69 Å². The molecule has 0 saturated carbocycles. The second-order valence-electron chi connectivity index (χ2n) is 9.10. The lowest BCUT2D eigenvalue weighted by Crippen LogP contribution is -2.62. The molecule has 1 aromatic heterocycles. The summed E-state index contributed by atoms with van der Waals surface area (Å²) >= 11 is 0. The number of carbonyl (C=O) groups is 2. The minimum Gasteiger partial charge on any atom is -0.481 e. The van der Waals surface area contributed by atoms with Crippen molar-refractivity contribution in [2.24, 2.45) is 11.1 Å². The highest BCUT2D eigenvalue weighted by Crippen LogP contribution is 2.38. The van der Waals surface area contributed by atoms with E-state index in [0.717, 1.165) is 11.3 Å². The standard InChI is InChI=1S/C24H29N5O5/c1-14-13-28(17-8-6-16(7-9-17)20-26-21(15(2)25)34-27-20)11-12-29(14)19-18(22(30)31)5-4-10-24(19,3)23(32)33/h4-10,14-15,19H,11-13,25H2,1-3H3,(H,30,31)(H,32,33)/t14-,15?,19?,24?/m1/s1. The fourth-order valence-electron chi connectivity index (χ4n) is 4.71. The number of anilines is 1. The summed E-state index contributed by atoms with van der Waals surface area (Å²) in [5.41, 5.74) is 6.37. The molecule has 34 heavy (non-hydrogen) atoms. The van der Waals surface area contributed by atoms with Crippen LogP contribution >= 0.6 is 0 Å². The molecule has 0 bridgehead atoms. The molecular formula is C24H29N5O5. The van der Waals surface area contributed by atoms with E-state index >= 15 is 0 Å². The van der Waals surface area contributed by atoms with E-state index in [2.05, 4.69) is 15.0 Å². The number of piperazine rings is 1. The number of nitrogens with zero attached hydrogens (tertiary/aromatic N) is 4. The molecule has 1 aliphatic carbocycles. The first kappa shape index (κ1) is 23.7. The number of carboxylic acids is 2. The fourth-order valence-corrected chi connectivity index (χ4v) is 4.71. The number of aromatic nitrogens is 2. The topological polar surface area (TPSA) is 146 Å². The van der Waals surface area contributed by atoms with Gasteiger partial charge < -0.3 is 25.4 Å². The molecule has 10 nitrogen and oxygen atoms in total. The maximum absolute atomic E-state index is 12.1. The number of allylic oxidation sites excluding steroid dienone is 2. The van der Waals surface area contributed by atoms with Crippen molar-refractivity contribution < 1.29 is 24.3 Å².